The molecule has 0 aliphatic carbocycles. The molecule has 2 aromatic rings. The number of thioether (sulfide) groups is 1. The highest BCUT2D eigenvalue weighted by Gasteiger charge is 2.13. The fourth-order valence-corrected chi connectivity index (χ4v) is 2.74. The van der Waals surface area contributed by atoms with Crippen LogP contribution in [0, 0.1) is 0 Å². The lowest BCUT2D eigenvalue weighted by Gasteiger charge is -2.09. The maximum Gasteiger partial charge on any atom is 0.339 e. The molecule has 0 atom stereocenters. The van der Waals surface area contributed by atoms with Crippen LogP contribution in [-0.4, -0.2) is 38.2 Å². The van der Waals surface area contributed by atoms with Crippen molar-refractivity contribution in [3.63, 3.8) is 0 Å². The van der Waals surface area contributed by atoms with Crippen molar-refractivity contribution in [3.05, 3.63) is 35.7 Å². The van der Waals surface area contributed by atoms with E-state index in [9.17, 15) is 4.79 Å². The van der Waals surface area contributed by atoms with Crippen LogP contribution >= 0.6 is 11.8 Å². The number of hydrogen-bond acceptors (Lipinski definition) is 5. The molecule has 0 aliphatic rings. The van der Waals surface area contributed by atoms with Gasteiger partial charge >= 0.3 is 5.97 Å². The highest BCUT2D eigenvalue weighted by Crippen LogP contribution is 2.21. The van der Waals surface area contributed by atoms with Crippen LogP contribution in [0.25, 0.3) is 0 Å². The first kappa shape index (κ1) is 16.4. The van der Waals surface area contributed by atoms with Crippen molar-refractivity contribution in [1.82, 2.24) is 14.8 Å². The molecule has 118 valence electrons. The summed E-state index contributed by atoms with van der Waals surface area (Å²) in [6.45, 7) is 4.55. The third-order valence-electron chi connectivity index (χ3n) is 3.07. The van der Waals surface area contributed by atoms with Crippen LogP contribution in [0.5, 0.6) is 5.75 Å². The maximum atomic E-state index is 11.1. The van der Waals surface area contributed by atoms with Gasteiger partial charge < -0.3 is 14.4 Å². The second kappa shape index (κ2) is 7.31. The minimum atomic E-state index is -0.988. The number of nitrogens with zero attached hydrogens (tertiary/aromatic N) is 3. The Morgan fingerprint density at radius 3 is 2.73 bits per heavy atom. The molecule has 1 aromatic heterocycles. The third-order valence-corrected chi connectivity index (χ3v) is 4.06. The summed E-state index contributed by atoms with van der Waals surface area (Å²) in [7, 11) is 1.94. The molecular formula is C15H19N3O3S. The first-order valence-corrected chi connectivity index (χ1v) is 7.96. The van der Waals surface area contributed by atoms with Gasteiger partial charge in [0.25, 0.3) is 0 Å². The van der Waals surface area contributed by atoms with Crippen molar-refractivity contribution < 1.29 is 14.6 Å². The molecule has 1 heterocycles. The van der Waals surface area contributed by atoms with E-state index in [0.29, 0.717) is 24.0 Å². The van der Waals surface area contributed by atoms with E-state index in [1.807, 2.05) is 11.6 Å². The molecule has 0 saturated heterocycles. The molecule has 1 aromatic carbocycles. The number of aromatic nitrogens is 3. The number of para-hydroxylation sites is 1. The molecule has 2 rings (SSSR count). The molecular weight excluding hydrogens is 302 g/mol. The molecule has 0 spiro atoms. The lowest BCUT2D eigenvalue weighted by Crippen LogP contribution is -2.06. The summed E-state index contributed by atoms with van der Waals surface area (Å²) in [6.07, 6.45) is 0. The second-order valence-electron chi connectivity index (χ2n) is 5.05. The van der Waals surface area contributed by atoms with Crippen molar-refractivity contribution in [3.8, 4) is 5.75 Å². The average Bonchev–Trinajstić information content (AvgIpc) is 2.85. The van der Waals surface area contributed by atoms with Gasteiger partial charge in [0.1, 0.15) is 17.1 Å². The summed E-state index contributed by atoms with van der Waals surface area (Å²) in [5.41, 5.74) is 0.174. The number of carboxylic acids is 1. The van der Waals surface area contributed by atoms with Gasteiger partial charge in [0, 0.05) is 18.7 Å². The van der Waals surface area contributed by atoms with Crippen molar-refractivity contribution in [2.75, 3.05) is 12.4 Å². The molecule has 1 N–H and O–H groups in total. The molecule has 0 amide bonds. The van der Waals surface area contributed by atoms with E-state index in [0.717, 1.165) is 11.0 Å². The number of carbonyl (C=O) groups is 1. The average molecular weight is 321 g/mol. The van der Waals surface area contributed by atoms with Gasteiger partial charge in [0.15, 0.2) is 5.16 Å². The van der Waals surface area contributed by atoms with Crippen LogP contribution in [0.4, 0.5) is 0 Å². The zero-order valence-electron chi connectivity index (χ0n) is 12.8. The zero-order chi connectivity index (χ0) is 16.1. The summed E-state index contributed by atoms with van der Waals surface area (Å²) in [4.78, 5) is 11.1. The largest absolute Gasteiger partial charge is 0.492 e. The highest BCUT2D eigenvalue weighted by atomic mass is 32.2. The molecule has 0 fully saturated rings. The Bertz CT molecular complexity index is 655. The van der Waals surface area contributed by atoms with Crippen LogP contribution in [0.2, 0.25) is 0 Å². The molecule has 7 heteroatoms. The van der Waals surface area contributed by atoms with Gasteiger partial charge in [-0.15, -0.1) is 10.2 Å². The van der Waals surface area contributed by atoms with E-state index in [1.54, 1.807) is 18.2 Å². The Morgan fingerprint density at radius 1 is 1.36 bits per heavy atom. The Hall–Kier alpha value is -2.02. The number of hydrogen-bond donors (Lipinski definition) is 1. The van der Waals surface area contributed by atoms with Gasteiger partial charge in [-0.05, 0) is 12.1 Å². The van der Waals surface area contributed by atoms with E-state index in [2.05, 4.69) is 24.0 Å². The van der Waals surface area contributed by atoms with Crippen LogP contribution < -0.4 is 4.74 Å². The first-order chi connectivity index (χ1) is 10.5. The van der Waals surface area contributed by atoms with Gasteiger partial charge in [0.05, 0.1) is 6.61 Å². The molecule has 0 unspecified atom stereocenters. The second-order valence-corrected chi connectivity index (χ2v) is 6.11. The fourth-order valence-electron chi connectivity index (χ4n) is 2.01. The van der Waals surface area contributed by atoms with Gasteiger partial charge in [-0.3, -0.25) is 0 Å². The number of carboxylic acid groups (broad SMARTS) is 1. The lowest BCUT2D eigenvalue weighted by atomic mass is 10.2. The van der Waals surface area contributed by atoms with E-state index >= 15 is 0 Å². The summed E-state index contributed by atoms with van der Waals surface area (Å²) >= 11 is 1.54. The monoisotopic (exact) mass is 321 g/mol. The lowest BCUT2D eigenvalue weighted by molar-refractivity contribution is 0.0692. The Labute approximate surface area is 133 Å². The summed E-state index contributed by atoms with van der Waals surface area (Å²) in [5.74, 6) is 1.33. The topological polar surface area (TPSA) is 77.2 Å². The predicted molar refractivity (Wildman–Crippen MR) is 84.7 cm³/mol. The van der Waals surface area contributed by atoms with E-state index in [4.69, 9.17) is 9.84 Å². The molecule has 0 bridgehead atoms. The van der Waals surface area contributed by atoms with Crippen LogP contribution in [0.15, 0.2) is 29.4 Å². The van der Waals surface area contributed by atoms with Crippen molar-refractivity contribution >= 4 is 17.7 Å². The van der Waals surface area contributed by atoms with Gasteiger partial charge in [-0.1, -0.05) is 37.7 Å². The van der Waals surface area contributed by atoms with E-state index in [-0.39, 0.29) is 5.56 Å². The molecule has 0 saturated carbocycles. The van der Waals surface area contributed by atoms with E-state index in [1.165, 1.54) is 17.8 Å². The number of rotatable bonds is 7. The fraction of sp³-hybridized carbons (Fsp3) is 0.400. The first-order valence-electron chi connectivity index (χ1n) is 6.98. The summed E-state index contributed by atoms with van der Waals surface area (Å²) in [6, 6.07) is 6.63. The van der Waals surface area contributed by atoms with Gasteiger partial charge in [-0.25, -0.2) is 4.79 Å². The molecule has 0 radical (unpaired) electrons. The van der Waals surface area contributed by atoms with Crippen molar-refractivity contribution in [1.29, 1.82) is 0 Å². The van der Waals surface area contributed by atoms with Crippen LogP contribution in [0.3, 0.4) is 0 Å². The normalized spacial score (nSPS) is 10.9. The molecule has 0 aliphatic heterocycles. The van der Waals surface area contributed by atoms with E-state index < -0.39 is 5.97 Å². The smallest absolute Gasteiger partial charge is 0.339 e. The molecule has 6 nitrogen and oxygen atoms in total. The Kier molecular flexibility index (Phi) is 5.43. The standard InChI is InChI=1S/C15H19N3O3S/c1-10(2)13-16-17-15(18(13)3)22-9-8-21-12-7-5-4-6-11(12)14(19)20/h4-7,10H,8-9H2,1-3H3,(H,19,20). The summed E-state index contributed by atoms with van der Waals surface area (Å²) < 4.78 is 7.53. The van der Waals surface area contributed by atoms with Crippen LogP contribution in [0.1, 0.15) is 35.9 Å². The SMILES string of the molecule is CC(C)c1nnc(SCCOc2ccccc2C(=O)O)n1C. The quantitative estimate of drug-likeness (QED) is 0.624. The zero-order valence-corrected chi connectivity index (χ0v) is 13.6. The Balaban J connectivity index is 1.89. The number of benzene rings is 1. The summed E-state index contributed by atoms with van der Waals surface area (Å²) in [5, 5.41) is 18.2. The van der Waals surface area contributed by atoms with Crippen LogP contribution in [-0.2, 0) is 7.05 Å². The number of aromatic carboxylic acids is 1. The predicted octanol–water partition coefficient (Wildman–Crippen LogP) is 2.81. The highest BCUT2D eigenvalue weighted by molar-refractivity contribution is 7.99. The minimum Gasteiger partial charge on any atom is -0.492 e. The van der Waals surface area contributed by atoms with Crippen molar-refractivity contribution in [2.24, 2.45) is 7.05 Å². The van der Waals surface area contributed by atoms with Gasteiger partial charge in [-0.2, -0.15) is 0 Å². The van der Waals surface area contributed by atoms with Crippen molar-refractivity contribution in [2.45, 2.75) is 24.9 Å². The molecule has 22 heavy (non-hydrogen) atoms. The maximum absolute atomic E-state index is 11.1. The number of ether oxygens (including phenoxy) is 1. The van der Waals surface area contributed by atoms with Gasteiger partial charge in [0.2, 0.25) is 0 Å². The third kappa shape index (κ3) is 3.79. The Morgan fingerprint density at radius 2 is 2.09 bits per heavy atom. The minimum absolute atomic E-state index is 0.174.